The number of carbonyl (C=O) groups is 1. The van der Waals surface area contributed by atoms with Gasteiger partial charge in [0.05, 0.1) is 5.56 Å². The molecule has 4 heteroatoms. The van der Waals surface area contributed by atoms with E-state index in [1.54, 1.807) is 6.07 Å². The van der Waals surface area contributed by atoms with Crippen LogP contribution in [0.15, 0.2) is 42.6 Å². The van der Waals surface area contributed by atoms with Gasteiger partial charge in [0.15, 0.2) is 0 Å². The van der Waals surface area contributed by atoms with Gasteiger partial charge in [-0.15, -0.1) is 0 Å². The van der Waals surface area contributed by atoms with Crippen molar-refractivity contribution in [1.29, 1.82) is 0 Å². The fourth-order valence-electron chi connectivity index (χ4n) is 1.64. The summed E-state index contributed by atoms with van der Waals surface area (Å²) in [5, 5.41) is 8.95. The summed E-state index contributed by atoms with van der Waals surface area (Å²) in [4.78, 5) is 16.9. The van der Waals surface area contributed by atoms with Crippen LogP contribution >= 0.6 is 0 Å². The van der Waals surface area contributed by atoms with Crippen LogP contribution in [0.25, 0.3) is 0 Å². The van der Waals surface area contributed by atoms with Crippen molar-refractivity contribution in [3.8, 4) is 0 Å². The number of anilines is 2. The summed E-state index contributed by atoms with van der Waals surface area (Å²) in [6.45, 7) is 2.02. The number of rotatable bonds is 3. The van der Waals surface area contributed by atoms with Crippen LogP contribution in [0.2, 0.25) is 0 Å². The predicted molar refractivity (Wildman–Crippen MR) is 70.4 cm³/mol. The lowest BCUT2D eigenvalue weighted by Gasteiger charge is -2.18. The second-order valence-electron chi connectivity index (χ2n) is 4.10. The third-order valence-corrected chi connectivity index (χ3v) is 2.76. The summed E-state index contributed by atoms with van der Waals surface area (Å²) < 4.78 is 0. The zero-order chi connectivity index (χ0) is 13.1. The Hall–Kier alpha value is -2.36. The largest absolute Gasteiger partial charge is 0.478 e. The Morgan fingerprint density at radius 1 is 1.22 bits per heavy atom. The van der Waals surface area contributed by atoms with Crippen LogP contribution in [-0.4, -0.2) is 23.1 Å². The molecule has 4 nitrogen and oxygen atoms in total. The van der Waals surface area contributed by atoms with Crippen molar-refractivity contribution in [3.05, 3.63) is 53.7 Å². The molecule has 0 atom stereocenters. The molecule has 0 unspecified atom stereocenters. The van der Waals surface area contributed by atoms with E-state index in [1.165, 1.54) is 17.8 Å². The molecule has 0 saturated carbocycles. The summed E-state index contributed by atoms with van der Waals surface area (Å²) in [6, 6.07) is 11.0. The molecule has 1 N–H and O–H groups in total. The summed E-state index contributed by atoms with van der Waals surface area (Å²) in [7, 11) is 1.86. The first kappa shape index (κ1) is 12.1. The molecule has 0 saturated heterocycles. The smallest absolute Gasteiger partial charge is 0.335 e. The molecule has 0 spiro atoms. The fourth-order valence-corrected chi connectivity index (χ4v) is 1.64. The van der Waals surface area contributed by atoms with E-state index in [0.29, 0.717) is 5.82 Å². The molecule has 1 aromatic carbocycles. The first-order chi connectivity index (χ1) is 8.58. The zero-order valence-electron chi connectivity index (χ0n) is 10.3. The van der Waals surface area contributed by atoms with E-state index in [4.69, 9.17) is 5.11 Å². The molecule has 0 amide bonds. The van der Waals surface area contributed by atoms with Gasteiger partial charge in [-0.3, -0.25) is 0 Å². The normalized spacial score (nSPS) is 10.1. The Balaban J connectivity index is 2.33. The highest BCUT2D eigenvalue weighted by Crippen LogP contribution is 2.22. The van der Waals surface area contributed by atoms with Gasteiger partial charge >= 0.3 is 5.97 Å². The van der Waals surface area contributed by atoms with Gasteiger partial charge in [0.25, 0.3) is 0 Å². The molecule has 0 aliphatic carbocycles. The van der Waals surface area contributed by atoms with Crippen molar-refractivity contribution in [2.75, 3.05) is 11.9 Å². The number of benzene rings is 1. The summed E-state index contributed by atoms with van der Waals surface area (Å²) in [5.41, 5.74) is 2.38. The van der Waals surface area contributed by atoms with Crippen molar-refractivity contribution in [1.82, 2.24) is 4.98 Å². The quantitative estimate of drug-likeness (QED) is 0.899. The maximum Gasteiger partial charge on any atom is 0.335 e. The predicted octanol–water partition coefficient (Wildman–Crippen LogP) is 2.86. The highest BCUT2D eigenvalue weighted by Gasteiger charge is 2.08. The maximum absolute atomic E-state index is 10.9. The van der Waals surface area contributed by atoms with Gasteiger partial charge in [-0.05, 0) is 31.2 Å². The van der Waals surface area contributed by atoms with Gasteiger partial charge in [-0.1, -0.05) is 17.7 Å². The monoisotopic (exact) mass is 242 g/mol. The van der Waals surface area contributed by atoms with Crippen LogP contribution in [-0.2, 0) is 0 Å². The minimum Gasteiger partial charge on any atom is -0.478 e. The number of hydrogen-bond donors (Lipinski definition) is 1. The van der Waals surface area contributed by atoms with Crippen LogP contribution in [0.5, 0.6) is 0 Å². The number of pyridine rings is 1. The number of aryl methyl sites for hydroxylation is 1. The fraction of sp³-hybridized carbons (Fsp3) is 0.143. The van der Waals surface area contributed by atoms with Gasteiger partial charge in [-0.2, -0.15) is 0 Å². The molecule has 2 aromatic rings. The van der Waals surface area contributed by atoms with Gasteiger partial charge in [-0.25, -0.2) is 9.78 Å². The molecule has 2 rings (SSSR count). The van der Waals surface area contributed by atoms with E-state index < -0.39 is 5.97 Å². The molecule has 0 radical (unpaired) electrons. The third-order valence-electron chi connectivity index (χ3n) is 2.76. The number of aromatic carboxylic acids is 1. The standard InChI is InChI=1S/C14H14N2O2/c1-10-3-5-12(6-4-10)16(2)13-9-11(14(17)18)7-8-15-13/h3-9H,1-2H3,(H,17,18). The highest BCUT2D eigenvalue weighted by atomic mass is 16.4. The second kappa shape index (κ2) is 4.87. The van der Waals surface area contributed by atoms with E-state index in [1.807, 2.05) is 43.1 Å². The molecule has 0 aliphatic rings. The lowest BCUT2D eigenvalue weighted by molar-refractivity contribution is 0.0697. The Kier molecular flexibility index (Phi) is 3.28. The maximum atomic E-state index is 10.9. The van der Waals surface area contributed by atoms with Crippen molar-refractivity contribution in [2.24, 2.45) is 0 Å². The number of aromatic nitrogens is 1. The van der Waals surface area contributed by atoms with Crippen molar-refractivity contribution >= 4 is 17.5 Å². The van der Waals surface area contributed by atoms with E-state index in [0.717, 1.165) is 5.69 Å². The van der Waals surface area contributed by atoms with E-state index in [-0.39, 0.29) is 5.56 Å². The average Bonchev–Trinajstić information content (AvgIpc) is 2.39. The van der Waals surface area contributed by atoms with Crippen LogP contribution in [0.3, 0.4) is 0 Å². The lowest BCUT2D eigenvalue weighted by atomic mass is 10.2. The molecular weight excluding hydrogens is 228 g/mol. The van der Waals surface area contributed by atoms with Gasteiger partial charge in [0, 0.05) is 18.9 Å². The van der Waals surface area contributed by atoms with Gasteiger partial charge in [0.1, 0.15) is 5.82 Å². The first-order valence-corrected chi connectivity index (χ1v) is 5.57. The molecular formula is C14H14N2O2. The Bertz CT molecular complexity index is 564. The number of hydrogen-bond acceptors (Lipinski definition) is 3. The SMILES string of the molecule is Cc1ccc(N(C)c2cc(C(=O)O)ccn2)cc1. The van der Waals surface area contributed by atoms with Crippen LogP contribution in [0.1, 0.15) is 15.9 Å². The summed E-state index contributed by atoms with van der Waals surface area (Å²) in [5.74, 6) is -0.338. The molecule has 0 fully saturated rings. The summed E-state index contributed by atoms with van der Waals surface area (Å²) >= 11 is 0. The Morgan fingerprint density at radius 3 is 2.50 bits per heavy atom. The van der Waals surface area contributed by atoms with Crippen LogP contribution < -0.4 is 4.90 Å². The van der Waals surface area contributed by atoms with Crippen molar-refractivity contribution in [3.63, 3.8) is 0 Å². The van der Waals surface area contributed by atoms with E-state index in [9.17, 15) is 4.79 Å². The molecule has 18 heavy (non-hydrogen) atoms. The van der Waals surface area contributed by atoms with Gasteiger partial charge < -0.3 is 10.0 Å². The third kappa shape index (κ3) is 2.48. The lowest BCUT2D eigenvalue weighted by Crippen LogP contribution is -2.12. The number of nitrogens with zero attached hydrogens (tertiary/aromatic N) is 2. The van der Waals surface area contributed by atoms with Gasteiger partial charge in [0.2, 0.25) is 0 Å². The molecule has 0 aliphatic heterocycles. The highest BCUT2D eigenvalue weighted by molar-refractivity contribution is 5.88. The Morgan fingerprint density at radius 2 is 1.89 bits per heavy atom. The minimum absolute atomic E-state index is 0.235. The van der Waals surface area contributed by atoms with Crippen molar-refractivity contribution in [2.45, 2.75) is 6.92 Å². The topological polar surface area (TPSA) is 53.4 Å². The van der Waals surface area contributed by atoms with Crippen LogP contribution in [0, 0.1) is 6.92 Å². The Labute approximate surface area is 106 Å². The molecule has 92 valence electrons. The first-order valence-electron chi connectivity index (χ1n) is 5.57. The zero-order valence-corrected chi connectivity index (χ0v) is 10.3. The number of carboxylic acid groups (broad SMARTS) is 1. The van der Waals surface area contributed by atoms with E-state index >= 15 is 0 Å². The van der Waals surface area contributed by atoms with Crippen molar-refractivity contribution < 1.29 is 9.90 Å². The molecule has 0 bridgehead atoms. The summed E-state index contributed by atoms with van der Waals surface area (Å²) in [6.07, 6.45) is 1.50. The average molecular weight is 242 g/mol. The number of carboxylic acids is 1. The molecule has 1 heterocycles. The van der Waals surface area contributed by atoms with Crippen LogP contribution in [0.4, 0.5) is 11.5 Å². The molecule has 1 aromatic heterocycles. The second-order valence-corrected chi connectivity index (χ2v) is 4.10. The minimum atomic E-state index is -0.948. The van der Waals surface area contributed by atoms with E-state index in [2.05, 4.69) is 4.98 Å².